The summed E-state index contributed by atoms with van der Waals surface area (Å²) in [5.41, 5.74) is 2.05. The van der Waals surface area contributed by atoms with Gasteiger partial charge in [0, 0.05) is 30.9 Å². The van der Waals surface area contributed by atoms with Crippen LogP contribution in [0.4, 0.5) is 10.1 Å². The highest BCUT2D eigenvalue weighted by atomic mass is 32.1. The highest BCUT2D eigenvalue weighted by Crippen LogP contribution is 2.35. The third-order valence-electron chi connectivity index (χ3n) is 6.74. The van der Waals surface area contributed by atoms with E-state index in [0.29, 0.717) is 49.2 Å². The van der Waals surface area contributed by atoms with Gasteiger partial charge in [0.1, 0.15) is 5.82 Å². The Labute approximate surface area is 207 Å². The summed E-state index contributed by atoms with van der Waals surface area (Å²) in [6, 6.07) is 15.3. The normalized spacial score (nSPS) is 16.1. The Morgan fingerprint density at radius 2 is 1.83 bits per heavy atom. The van der Waals surface area contributed by atoms with Gasteiger partial charge < -0.3 is 9.80 Å². The SMILES string of the molecule is CN(Cc1cccs1)C(=O)C1CCN(c2cccc3c2C(=O)N(Cc2cccc(F)c2)C3=O)CC1. The van der Waals surface area contributed by atoms with Crippen LogP contribution in [0.25, 0.3) is 0 Å². The number of imide groups is 1. The van der Waals surface area contributed by atoms with Crippen molar-refractivity contribution < 1.29 is 18.8 Å². The molecular weight excluding hydrogens is 465 g/mol. The molecule has 6 nitrogen and oxygen atoms in total. The molecule has 1 saturated heterocycles. The van der Waals surface area contributed by atoms with E-state index in [4.69, 9.17) is 0 Å². The molecule has 0 spiro atoms. The van der Waals surface area contributed by atoms with Gasteiger partial charge in [-0.15, -0.1) is 11.3 Å². The van der Waals surface area contributed by atoms with Crippen molar-refractivity contribution in [2.24, 2.45) is 5.92 Å². The number of hydrogen-bond acceptors (Lipinski definition) is 5. The van der Waals surface area contributed by atoms with Crippen LogP contribution in [-0.4, -0.2) is 47.7 Å². The molecule has 3 heterocycles. The number of hydrogen-bond donors (Lipinski definition) is 0. The average Bonchev–Trinajstić information content (AvgIpc) is 3.46. The second-order valence-corrected chi connectivity index (χ2v) is 10.1. The van der Waals surface area contributed by atoms with Crippen LogP contribution >= 0.6 is 11.3 Å². The Hall–Kier alpha value is -3.52. The third kappa shape index (κ3) is 4.58. The lowest BCUT2D eigenvalue weighted by molar-refractivity contribution is -0.135. The molecule has 0 unspecified atom stereocenters. The molecule has 180 valence electrons. The largest absolute Gasteiger partial charge is 0.371 e. The first-order valence-corrected chi connectivity index (χ1v) is 12.6. The van der Waals surface area contributed by atoms with E-state index < -0.39 is 5.82 Å². The molecule has 5 rings (SSSR count). The lowest BCUT2D eigenvalue weighted by Crippen LogP contribution is -2.41. The number of piperidine rings is 1. The van der Waals surface area contributed by atoms with Crippen LogP contribution in [0.3, 0.4) is 0 Å². The van der Waals surface area contributed by atoms with Crippen LogP contribution in [0, 0.1) is 11.7 Å². The molecule has 0 radical (unpaired) electrons. The quantitative estimate of drug-likeness (QED) is 0.475. The first-order valence-electron chi connectivity index (χ1n) is 11.7. The van der Waals surface area contributed by atoms with Gasteiger partial charge in [0.05, 0.1) is 29.9 Å². The summed E-state index contributed by atoms with van der Waals surface area (Å²) in [7, 11) is 1.84. The Morgan fingerprint density at radius 1 is 1.06 bits per heavy atom. The summed E-state index contributed by atoms with van der Waals surface area (Å²) in [6.07, 6.45) is 1.37. The molecule has 0 saturated carbocycles. The highest BCUT2D eigenvalue weighted by molar-refractivity contribution is 7.09. The smallest absolute Gasteiger partial charge is 0.263 e. The number of thiophene rings is 1. The molecule has 0 bridgehead atoms. The van der Waals surface area contributed by atoms with E-state index in [1.165, 1.54) is 17.0 Å². The number of benzene rings is 2. The topological polar surface area (TPSA) is 60.9 Å². The number of anilines is 1. The molecule has 3 aromatic rings. The van der Waals surface area contributed by atoms with Crippen LogP contribution in [-0.2, 0) is 17.9 Å². The Bertz CT molecular complexity index is 1270. The molecule has 1 aromatic heterocycles. The number of nitrogens with zero attached hydrogens (tertiary/aromatic N) is 3. The zero-order valence-corrected chi connectivity index (χ0v) is 20.3. The van der Waals surface area contributed by atoms with Crippen molar-refractivity contribution in [3.8, 4) is 0 Å². The van der Waals surface area contributed by atoms with Crippen molar-refractivity contribution in [2.75, 3.05) is 25.0 Å². The van der Waals surface area contributed by atoms with Gasteiger partial charge in [-0.3, -0.25) is 19.3 Å². The molecule has 8 heteroatoms. The summed E-state index contributed by atoms with van der Waals surface area (Å²) in [4.78, 5) is 45.5. The van der Waals surface area contributed by atoms with Gasteiger partial charge in [-0.1, -0.05) is 24.3 Å². The fourth-order valence-electron chi connectivity index (χ4n) is 4.93. The van der Waals surface area contributed by atoms with Crippen LogP contribution in [0.15, 0.2) is 60.0 Å². The number of rotatable bonds is 6. The number of fused-ring (bicyclic) bond motifs is 1. The summed E-state index contributed by atoms with van der Waals surface area (Å²) in [6.45, 7) is 1.90. The zero-order chi connectivity index (χ0) is 24.5. The summed E-state index contributed by atoms with van der Waals surface area (Å²) in [5.74, 6) is -1.05. The van der Waals surface area contributed by atoms with E-state index in [-0.39, 0.29) is 30.2 Å². The predicted octanol–water partition coefficient (Wildman–Crippen LogP) is 4.56. The fraction of sp³-hybridized carbons (Fsp3) is 0.296. The Morgan fingerprint density at radius 3 is 2.54 bits per heavy atom. The molecule has 0 aliphatic carbocycles. The van der Waals surface area contributed by atoms with Gasteiger partial charge in [0.15, 0.2) is 0 Å². The van der Waals surface area contributed by atoms with E-state index in [1.807, 2.05) is 30.6 Å². The second-order valence-electron chi connectivity index (χ2n) is 9.06. The van der Waals surface area contributed by atoms with Gasteiger partial charge in [-0.2, -0.15) is 0 Å². The van der Waals surface area contributed by atoms with Crippen LogP contribution in [0.2, 0.25) is 0 Å². The van der Waals surface area contributed by atoms with Gasteiger partial charge >= 0.3 is 0 Å². The van der Waals surface area contributed by atoms with Gasteiger partial charge in [0.2, 0.25) is 5.91 Å². The molecule has 2 aliphatic rings. The van der Waals surface area contributed by atoms with Crippen LogP contribution in [0.5, 0.6) is 0 Å². The minimum absolute atomic E-state index is 0.0245. The van der Waals surface area contributed by atoms with Gasteiger partial charge in [-0.25, -0.2) is 4.39 Å². The molecule has 35 heavy (non-hydrogen) atoms. The van der Waals surface area contributed by atoms with Crippen molar-refractivity contribution in [2.45, 2.75) is 25.9 Å². The van der Waals surface area contributed by atoms with Crippen molar-refractivity contribution in [1.82, 2.24) is 9.80 Å². The molecule has 3 amide bonds. The van der Waals surface area contributed by atoms with Crippen molar-refractivity contribution >= 4 is 34.7 Å². The molecule has 2 aliphatic heterocycles. The summed E-state index contributed by atoms with van der Waals surface area (Å²) < 4.78 is 13.6. The van der Waals surface area contributed by atoms with Crippen LogP contribution < -0.4 is 4.90 Å². The maximum atomic E-state index is 13.6. The molecule has 2 aromatic carbocycles. The van der Waals surface area contributed by atoms with Crippen molar-refractivity contribution in [3.05, 3.63) is 87.4 Å². The molecule has 1 fully saturated rings. The second kappa shape index (κ2) is 9.62. The summed E-state index contributed by atoms with van der Waals surface area (Å²) in [5, 5.41) is 2.01. The monoisotopic (exact) mass is 491 g/mol. The maximum Gasteiger partial charge on any atom is 0.263 e. The molecule has 0 atom stereocenters. The van der Waals surface area contributed by atoms with Gasteiger partial charge in [-0.05, 0) is 54.1 Å². The Balaban J connectivity index is 1.28. The standard InChI is InChI=1S/C27H26FN3O3S/c1-29(17-21-7-4-14-35-21)25(32)19-10-12-30(13-11-19)23-9-3-8-22-24(23)27(34)31(26(22)33)16-18-5-2-6-20(28)15-18/h2-9,14-15,19H,10-13,16-17H2,1H3. The fourth-order valence-corrected chi connectivity index (χ4v) is 5.69. The highest BCUT2D eigenvalue weighted by Gasteiger charge is 2.39. The molecule has 0 N–H and O–H groups in total. The molecular formula is C27H26FN3O3S. The lowest BCUT2D eigenvalue weighted by Gasteiger charge is -2.35. The van der Waals surface area contributed by atoms with E-state index in [1.54, 1.807) is 40.5 Å². The summed E-state index contributed by atoms with van der Waals surface area (Å²) >= 11 is 1.64. The Kier molecular flexibility index (Phi) is 6.38. The average molecular weight is 492 g/mol. The first-order chi connectivity index (χ1) is 16.9. The van der Waals surface area contributed by atoms with Crippen molar-refractivity contribution in [1.29, 1.82) is 0 Å². The van der Waals surface area contributed by atoms with E-state index in [2.05, 4.69) is 4.90 Å². The number of halogens is 1. The van der Waals surface area contributed by atoms with E-state index >= 15 is 0 Å². The van der Waals surface area contributed by atoms with Crippen LogP contribution in [0.1, 0.15) is 44.0 Å². The number of carbonyl (C=O) groups is 3. The number of amides is 3. The third-order valence-corrected chi connectivity index (χ3v) is 7.60. The zero-order valence-electron chi connectivity index (χ0n) is 19.4. The van der Waals surface area contributed by atoms with E-state index in [0.717, 1.165) is 10.6 Å². The van der Waals surface area contributed by atoms with E-state index in [9.17, 15) is 18.8 Å². The number of carbonyl (C=O) groups excluding carboxylic acids is 3. The minimum atomic E-state index is -0.404. The minimum Gasteiger partial charge on any atom is -0.371 e. The maximum absolute atomic E-state index is 13.6. The van der Waals surface area contributed by atoms with Crippen molar-refractivity contribution in [3.63, 3.8) is 0 Å². The van der Waals surface area contributed by atoms with Gasteiger partial charge in [0.25, 0.3) is 11.8 Å². The first kappa shape index (κ1) is 23.2. The predicted molar refractivity (Wildman–Crippen MR) is 133 cm³/mol. The lowest BCUT2D eigenvalue weighted by atomic mass is 9.94.